The predicted octanol–water partition coefficient (Wildman–Crippen LogP) is 2.53. The average molecular weight is 233 g/mol. The number of nitrogens with zero attached hydrogens (tertiary/aromatic N) is 3. The minimum absolute atomic E-state index is 0.0673. The smallest absolute Gasteiger partial charge is 0.230 e. The van der Waals surface area contributed by atoms with Crippen molar-refractivity contribution in [2.24, 2.45) is 0 Å². The Balaban J connectivity index is 2.43. The molecule has 5 heteroatoms. The Hall–Kier alpha value is -1.75. The van der Waals surface area contributed by atoms with Gasteiger partial charge in [0.1, 0.15) is 5.01 Å². The lowest BCUT2D eigenvalue weighted by Crippen LogP contribution is -2.22. The van der Waals surface area contributed by atoms with Gasteiger partial charge in [-0.1, -0.05) is 29.5 Å². The Bertz CT molecular complexity index is 495. The lowest BCUT2D eigenvalue weighted by Gasteiger charge is -2.16. The highest BCUT2D eigenvalue weighted by Crippen LogP contribution is 2.27. The number of carbonyl (C=O) groups is 1. The molecule has 0 bridgehead atoms. The first-order chi connectivity index (χ1) is 7.68. The highest BCUT2D eigenvalue weighted by atomic mass is 32.1. The fraction of sp³-hybridized carbons (Fsp3) is 0.182. The largest absolute Gasteiger partial charge is 0.274 e. The number of benzene rings is 1. The molecule has 1 aromatic heterocycles. The van der Waals surface area contributed by atoms with Crippen LogP contribution in [0.5, 0.6) is 0 Å². The second kappa shape index (κ2) is 4.40. The molecule has 16 heavy (non-hydrogen) atoms. The van der Waals surface area contributed by atoms with E-state index in [2.05, 4.69) is 10.2 Å². The molecule has 4 nitrogen and oxygen atoms in total. The zero-order chi connectivity index (χ0) is 11.5. The topological polar surface area (TPSA) is 46.1 Å². The average Bonchev–Trinajstić information content (AvgIpc) is 2.66. The van der Waals surface area contributed by atoms with Crippen molar-refractivity contribution in [3.8, 4) is 0 Å². The van der Waals surface area contributed by atoms with Gasteiger partial charge in [-0.2, -0.15) is 0 Å². The summed E-state index contributed by atoms with van der Waals surface area (Å²) in [6.45, 7) is 3.38. The van der Waals surface area contributed by atoms with Gasteiger partial charge in [0.05, 0.1) is 5.69 Å². The molecule has 1 heterocycles. The second-order valence-electron chi connectivity index (χ2n) is 3.29. The number of carbonyl (C=O) groups excluding carboxylic acids is 1. The van der Waals surface area contributed by atoms with E-state index in [1.807, 2.05) is 37.3 Å². The van der Waals surface area contributed by atoms with E-state index in [0.29, 0.717) is 5.13 Å². The molecule has 0 saturated heterocycles. The fourth-order valence-electron chi connectivity index (χ4n) is 1.38. The number of amides is 1. The van der Waals surface area contributed by atoms with Crippen molar-refractivity contribution in [2.75, 3.05) is 4.90 Å². The van der Waals surface area contributed by atoms with Crippen LogP contribution < -0.4 is 4.90 Å². The monoisotopic (exact) mass is 233 g/mol. The first-order valence-corrected chi connectivity index (χ1v) is 5.66. The van der Waals surface area contributed by atoms with Crippen molar-refractivity contribution in [2.45, 2.75) is 13.8 Å². The summed E-state index contributed by atoms with van der Waals surface area (Å²) in [5, 5.41) is 9.36. The minimum Gasteiger partial charge on any atom is -0.274 e. The van der Waals surface area contributed by atoms with Gasteiger partial charge in [-0.3, -0.25) is 9.69 Å². The van der Waals surface area contributed by atoms with Crippen LogP contribution in [0.4, 0.5) is 10.8 Å². The molecule has 0 saturated carbocycles. The van der Waals surface area contributed by atoms with Crippen molar-refractivity contribution in [1.29, 1.82) is 0 Å². The van der Waals surface area contributed by atoms with Crippen molar-refractivity contribution in [3.05, 3.63) is 35.3 Å². The number of para-hydroxylation sites is 1. The molecule has 0 aliphatic rings. The second-order valence-corrected chi connectivity index (χ2v) is 4.45. The van der Waals surface area contributed by atoms with E-state index < -0.39 is 0 Å². The van der Waals surface area contributed by atoms with E-state index in [9.17, 15) is 4.79 Å². The molecule has 0 aliphatic heterocycles. The van der Waals surface area contributed by atoms with Gasteiger partial charge in [-0.05, 0) is 19.1 Å². The molecule has 0 atom stereocenters. The lowest BCUT2D eigenvalue weighted by atomic mass is 10.3. The summed E-state index contributed by atoms with van der Waals surface area (Å²) in [5.74, 6) is -0.0673. The van der Waals surface area contributed by atoms with E-state index in [0.717, 1.165) is 10.7 Å². The molecular formula is C11H11N3OS. The third kappa shape index (κ3) is 2.09. The molecule has 0 N–H and O–H groups in total. The Kier molecular flexibility index (Phi) is 2.96. The Labute approximate surface area is 97.6 Å². The van der Waals surface area contributed by atoms with Gasteiger partial charge in [0.15, 0.2) is 0 Å². The molecule has 1 amide bonds. The van der Waals surface area contributed by atoms with Gasteiger partial charge in [0.25, 0.3) is 0 Å². The predicted molar refractivity (Wildman–Crippen MR) is 63.9 cm³/mol. The molecule has 82 valence electrons. The molecular weight excluding hydrogens is 222 g/mol. The Morgan fingerprint density at radius 3 is 2.44 bits per heavy atom. The van der Waals surface area contributed by atoms with Crippen molar-refractivity contribution in [3.63, 3.8) is 0 Å². The number of anilines is 2. The van der Waals surface area contributed by atoms with E-state index in [1.165, 1.54) is 18.3 Å². The number of aromatic nitrogens is 2. The molecule has 0 fully saturated rings. The van der Waals surface area contributed by atoms with E-state index in [-0.39, 0.29) is 5.91 Å². The van der Waals surface area contributed by atoms with E-state index in [4.69, 9.17) is 0 Å². The number of aryl methyl sites for hydroxylation is 1. The van der Waals surface area contributed by atoms with Crippen LogP contribution in [0, 0.1) is 6.92 Å². The summed E-state index contributed by atoms with van der Waals surface area (Å²) in [6.07, 6.45) is 0. The van der Waals surface area contributed by atoms with Crippen LogP contribution in [-0.2, 0) is 4.79 Å². The minimum atomic E-state index is -0.0673. The third-order valence-electron chi connectivity index (χ3n) is 2.04. The van der Waals surface area contributed by atoms with Crippen LogP contribution in [0.25, 0.3) is 0 Å². The molecule has 1 aromatic carbocycles. The standard InChI is InChI=1S/C11H11N3OS/c1-8-12-13-11(16-8)14(9(2)15)10-6-4-3-5-7-10/h3-7H,1-2H3. The van der Waals surface area contributed by atoms with E-state index >= 15 is 0 Å². The summed E-state index contributed by atoms with van der Waals surface area (Å²) < 4.78 is 0. The molecule has 0 aliphatic carbocycles. The van der Waals surface area contributed by atoms with Crippen LogP contribution in [-0.4, -0.2) is 16.1 Å². The van der Waals surface area contributed by atoms with Crippen molar-refractivity contribution < 1.29 is 4.79 Å². The normalized spacial score (nSPS) is 10.1. The molecule has 2 rings (SSSR count). The quantitative estimate of drug-likeness (QED) is 0.800. The summed E-state index contributed by atoms with van der Waals surface area (Å²) in [4.78, 5) is 13.2. The maximum atomic E-state index is 11.6. The van der Waals surface area contributed by atoms with Gasteiger partial charge in [-0.25, -0.2) is 0 Å². The first-order valence-electron chi connectivity index (χ1n) is 4.84. The Morgan fingerprint density at radius 1 is 1.25 bits per heavy atom. The van der Waals surface area contributed by atoms with Crippen LogP contribution in [0.2, 0.25) is 0 Å². The number of hydrogen-bond donors (Lipinski definition) is 0. The van der Waals surface area contributed by atoms with Crippen LogP contribution in [0.15, 0.2) is 30.3 Å². The molecule has 2 aromatic rings. The summed E-state index contributed by atoms with van der Waals surface area (Å²) in [7, 11) is 0. The van der Waals surface area contributed by atoms with Crippen LogP contribution in [0.1, 0.15) is 11.9 Å². The highest BCUT2D eigenvalue weighted by molar-refractivity contribution is 7.15. The van der Waals surface area contributed by atoms with Gasteiger partial charge < -0.3 is 0 Å². The number of hydrogen-bond acceptors (Lipinski definition) is 4. The van der Waals surface area contributed by atoms with Crippen molar-refractivity contribution >= 4 is 28.1 Å². The maximum Gasteiger partial charge on any atom is 0.230 e. The van der Waals surface area contributed by atoms with Gasteiger partial charge in [0, 0.05) is 6.92 Å². The lowest BCUT2D eigenvalue weighted by molar-refractivity contribution is -0.115. The molecule has 0 spiro atoms. The highest BCUT2D eigenvalue weighted by Gasteiger charge is 2.17. The molecule has 0 unspecified atom stereocenters. The summed E-state index contributed by atoms with van der Waals surface area (Å²) in [6, 6.07) is 9.43. The number of rotatable bonds is 2. The first kappa shape index (κ1) is 10.8. The zero-order valence-electron chi connectivity index (χ0n) is 9.04. The SMILES string of the molecule is CC(=O)N(c1ccccc1)c1nnc(C)s1. The fourth-order valence-corrected chi connectivity index (χ4v) is 2.13. The summed E-state index contributed by atoms with van der Waals surface area (Å²) >= 11 is 1.40. The maximum absolute atomic E-state index is 11.6. The third-order valence-corrected chi connectivity index (χ3v) is 2.86. The Morgan fingerprint density at radius 2 is 1.94 bits per heavy atom. The van der Waals surface area contributed by atoms with Gasteiger partial charge >= 0.3 is 0 Å². The van der Waals surface area contributed by atoms with Crippen molar-refractivity contribution in [1.82, 2.24) is 10.2 Å². The van der Waals surface area contributed by atoms with Gasteiger partial charge in [0.2, 0.25) is 11.0 Å². The van der Waals surface area contributed by atoms with E-state index in [1.54, 1.807) is 4.90 Å². The van der Waals surface area contributed by atoms with Crippen LogP contribution >= 0.6 is 11.3 Å². The zero-order valence-corrected chi connectivity index (χ0v) is 9.86. The van der Waals surface area contributed by atoms with Gasteiger partial charge in [-0.15, -0.1) is 10.2 Å². The summed E-state index contributed by atoms with van der Waals surface area (Å²) in [5.41, 5.74) is 0.811. The van der Waals surface area contributed by atoms with Crippen LogP contribution in [0.3, 0.4) is 0 Å². The molecule has 0 radical (unpaired) electrons.